The van der Waals surface area contributed by atoms with Crippen LogP contribution in [-0.4, -0.2) is 43.8 Å². The molecule has 1 atom stereocenters. The second-order valence-corrected chi connectivity index (χ2v) is 5.72. The molecule has 114 valence electrons. The average Bonchev–Trinajstić information content (AvgIpc) is 2.95. The fourth-order valence-corrected chi connectivity index (χ4v) is 2.95. The summed E-state index contributed by atoms with van der Waals surface area (Å²) in [5, 5.41) is 3.05. The monoisotopic (exact) mass is 290 g/mol. The van der Waals surface area contributed by atoms with Gasteiger partial charge in [0.1, 0.15) is 0 Å². The van der Waals surface area contributed by atoms with Gasteiger partial charge in [0, 0.05) is 6.54 Å². The molecule has 2 heterocycles. The predicted molar refractivity (Wildman–Crippen MR) is 79.5 cm³/mol. The summed E-state index contributed by atoms with van der Waals surface area (Å²) in [4.78, 5) is 14.3. The van der Waals surface area contributed by atoms with E-state index < -0.39 is 0 Å². The minimum Gasteiger partial charge on any atom is -0.454 e. The van der Waals surface area contributed by atoms with Crippen molar-refractivity contribution in [2.75, 3.05) is 26.9 Å². The van der Waals surface area contributed by atoms with Crippen molar-refractivity contribution in [2.24, 2.45) is 0 Å². The second kappa shape index (κ2) is 6.35. The van der Waals surface area contributed by atoms with Gasteiger partial charge in [-0.25, -0.2) is 0 Å². The number of amides is 1. The molecular weight excluding hydrogens is 268 g/mol. The number of benzene rings is 1. The molecule has 1 amide bonds. The van der Waals surface area contributed by atoms with Crippen molar-refractivity contribution in [3.8, 4) is 11.5 Å². The molecule has 0 saturated carbocycles. The highest BCUT2D eigenvalue weighted by atomic mass is 16.7. The summed E-state index contributed by atoms with van der Waals surface area (Å²) in [7, 11) is 2.03. The van der Waals surface area contributed by atoms with E-state index in [4.69, 9.17) is 9.47 Å². The molecular formula is C16H22N2O3. The number of piperidine rings is 1. The topological polar surface area (TPSA) is 50.8 Å². The lowest BCUT2D eigenvalue weighted by Crippen LogP contribution is -2.47. The largest absolute Gasteiger partial charge is 0.454 e. The van der Waals surface area contributed by atoms with Crippen LogP contribution in [-0.2, 0) is 11.2 Å². The zero-order chi connectivity index (χ0) is 14.7. The summed E-state index contributed by atoms with van der Waals surface area (Å²) >= 11 is 0. The Morgan fingerprint density at radius 3 is 3.05 bits per heavy atom. The minimum absolute atomic E-state index is 0.0375. The van der Waals surface area contributed by atoms with Crippen LogP contribution in [0, 0.1) is 0 Å². The number of hydrogen-bond acceptors (Lipinski definition) is 4. The van der Waals surface area contributed by atoms with E-state index >= 15 is 0 Å². The molecule has 0 aromatic heterocycles. The molecule has 0 aliphatic carbocycles. The van der Waals surface area contributed by atoms with E-state index in [-0.39, 0.29) is 11.9 Å². The van der Waals surface area contributed by atoms with Gasteiger partial charge in [-0.2, -0.15) is 0 Å². The lowest BCUT2D eigenvalue weighted by molar-refractivity contribution is -0.126. The maximum atomic E-state index is 12.2. The zero-order valence-corrected chi connectivity index (χ0v) is 12.4. The number of nitrogens with one attached hydrogen (secondary N) is 1. The van der Waals surface area contributed by atoms with Crippen LogP contribution in [0.1, 0.15) is 24.8 Å². The van der Waals surface area contributed by atoms with Crippen LogP contribution in [0.2, 0.25) is 0 Å². The summed E-state index contributed by atoms with van der Waals surface area (Å²) in [6.45, 7) is 1.96. The number of rotatable bonds is 4. The lowest BCUT2D eigenvalue weighted by Gasteiger charge is -2.31. The first-order valence-corrected chi connectivity index (χ1v) is 7.60. The molecule has 1 aromatic carbocycles. The predicted octanol–water partition coefficient (Wildman–Crippen LogP) is 1.56. The number of likely N-dealkylation sites (tertiary alicyclic amines) is 1. The maximum absolute atomic E-state index is 12.2. The highest BCUT2D eigenvalue weighted by Gasteiger charge is 2.25. The number of hydrogen-bond donors (Lipinski definition) is 1. The van der Waals surface area contributed by atoms with E-state index in [1.807, 2.05) is 25.2 Å². The molecule has 5 nitrogen and oxygen atoms in total. The average molecular weight is 290 g/mol. The quantitative estimate of drug-likeness (QED) is 0.914. The molecule has 0 spiro atoms. The smallest absolute Gasteiger partial charge is 0.237 e. The number of fused-ring (bicyclic) bond motifs is 1. The van der Waals surface area contributed by atoms with Gasteiger partial charge in [-0.1, -0.05) is 12.5 Å². The Bertz CT molecular complexity index is 518. The van der Waals surface area contributed by atoms with Crippen molar-refractivity contribution in [3.05, 3.63) is 23.8 Å². The second-order valence-electron chi connectivity index (χ2n) is 5.72. The Morgan fingerprint density at radius 1 is 1.33 bits per heavy atom. The van der Waals surface area contributed by atoms with E-state index in [1.54, 1.807) is 0 Å². The Morgan fingerprint density at radius 2 is 2.19 bits per heavy atom. The Hall–Kier alpha value is -1.75. The van der Waals surface area contributed by atoms with Gasteiger partial charge in [-0.05, 0) is 50.6 Å². The molecule has 0 radical (unpaired) electrons. The molecule has 3 rings (SSSR count). The van der Waals surface area contributed by atoms with Gasteiger partial charge in [0.05, 0.1) is 6.04 Å². The molecule has 2 aliphatic heterocycles. The highest BCUT2D eigenvalue weighted by Crippen LogP contribution is 2.32. The molecule has 0 bridgehead atoms. The molecule has 2 aliphatic rings. The number of ether oxygens (including phenoxy) is 2. The van der Waals surface area contributed by atoms with E-state index in [0.29, 0.717) is 13.3 Å². The van der Waals surface area contributed by atoms with Crippen molar-refractivity contribution >= 4 is 5.91 Å². The van der Waals surface area contributed by atoms with Crippen LogP contribution in [0.5, 0.6) is 11.5 Å². The van der Waals surface area contributed by atoms with Crippen LogP contribution in [0.15, 0.2) is 18.2 Å². The van der Waals surface area contributed by atoms with Crippen molar-refractivity contribution in [3.63, 3.8) is 0 Å². The summed E-state index contributed by atoms with van der Waals surface area (Å²) in [5.41, 5.74) is 1.15. The van der Waals surface area contributed by atoms with Crippen molar-refractivity contribution in [2.45, 2.75) is 31.7 Å². The third-order valence-corrected chi connectivity index (χ3v) is 4.22. The van der Waals surface area contributed by atoms with Crippen molar-refractivity contribution in [1.29, 1.82) is 0 Å². The van der Waals surface area contributed by atoms with Gasteiger partial charge < -0.3 is 14.8 Å². The van der Waals surface area contributed by atoms with Gasteiger partial charge >= 0.3 is 0 Å². The SMILES string of the molecule is CN1CCCCC1C(=O)NCCc1ccc2c(c1)OCO2. The van der Waals surface area contributed by atoms with Crippen LogP contribution < -0.4 is 14.8 Å². The van der Waals surface area contributed by atoms with E-state index in [9.17, 15) is 4.79 Å². The first kappa shape index (κ1) is 14.2. The van der Waals surface area contributed by atoms with Gasteiger partial charge in [0.15, 0.2) is 11.5 Å². The van der Waals surface area contributed by atoms with Crippen LogP contribution in [0.25, 0.3) is 0 Å². The summed E-state index contributed by atoms with van der Waals surface area (Å²) < 4.78 is 10.6. The Balaban J connectivity index is 1.48. The van der Waals surface area contributed by atoms with Gasteiger partial charge in [-0.3, -0.25) is 9.69 Å². The zero-order valence-electron chi connectivity index (χ0n) is 12.4. The van der Waals surface area contributed by atoms with E-state index in [1.165, 1.54) is 6.42 Å². The summed E-state index contributed by atoms with van der Waals surface area (Å²) in [6.07, 6.45) is 4.10. The standard InChI is InChI=1S/C16H22N2O3/c1-18-9-3-2-4-13(18)16(19)17-8-7-12-5-6-14-15(10-12)21-11-20-14/h5-6,10,13H,2-4,7-9,11H2,1H3,(H,17,19). The summed E-state index contributed by atoms with van der Waals surface area (Å²) in [6, 6.07) is 5.97. The van der Waals surface area contributed by atoms with Gasteiger partial charge in [0.25, 0.3) is 0 Å². The fraction of sp³-hybridized carbons (Fsp3) is 0.562. The van der Waals surface area contributed by atoms with Gasteiger partial charge in [-0.15, -0.1) is 0 Å². The minimum atomic E-state index is 0.0375. The number of nitrogens with zero attached hydrogens (tertiary/aromatic N) is 1. The number of carbonyl (C=O) groups excluding carboxylic acids is 1. The number of likely N-dealkylation sites (N-methyl/N-ethyl adjacent to an activating group) is 1. The first-order valence-electron chi connectivity index (χ1n) is 7.60. The Kier molecular flexibility index (Phi) is 4.29. The molecule has 1 unspecified atom stereocenters. The third kappa shape index (κ3) is 3.29. The molecule has 21 heavy (non-hydrogen) atoms. The van der Waals surface area contributed by atoms with Crippen molar-refractivity contribution < 1.29 is 14.3 Å². The van der Waals surface area contributed by atoms with Crippen molar-refractivity contribution in [1.82, 2.24) is 10.2 Å². The number of carbonyl (C=O) groups is 1. The first-order chi connectivity index (χ1) is 10.2. The maximum Gasteiger partial charge on any atom is 0.237 e. The van der Waals surface area contributed by atoms with E-state index in [0.717, 1.165) is 42.9 Å². The van der Waals surface area contributed by atoms with E-state index in [2.05, 4.69) is 10.2 Å². The lowest BCUT2D eigenvalue weighted by atomic mass is 10.0. The molecule has 1 saturated heterocycles. The fourth-order valence-electron chi connectivity index (χ4n) is 2.95. The normalized spacial score (nSPS) is 21.3. The molecule has 1 N–H and O–H groups in total. The molecule has 1 aromatic rings. The van der Waals surface area contributed by atoms with Gasteiger partial charge in [0.2, 0.25) is 12.7 Å². The third-order valence-electron chi connectivity index (χ3n) is 4.22. The van der Waals surface area contributed by atoms with Crippen LogP contribution >= 0.6 is 0 Å². The Labute approximate surface area is 125 Å². The molecule has 1 fully saturated rings. The highest BCUT2D eigenvalue weighted by molar-refractivity contribution is 5.81. The van der Waals surface area contributed by atoms with Crippen LogP contribution in [0.4, 0.5) is 0 Å². The van der Waals surface area contributed by atoms with Crippen LogP contribution in [0.3, 0.4) is 0 Å². The molecule has 5 heteroatoms. The summed E-state index contributed by atoms with van der Waals surface area (Å²) in [5.74, 6) is 1.75.